The summed E-state index contributed by atoms with van der Waals surface area (Å²) in [5.41, 5.74) is 5.50. The van der Waals surface area contributed by atoms with Gasteiger partial charge in [0.25, 0.3) is 0 Å². The number of allylic oxidation sites excluding steroid dienone is 1. The number of rotatable bonds is 17. The van der Waals surface area contributed by atoms with E-state index in [9.17, 15) is 43.5 Å². The molecule has 2 fully saturated rings. The minimum atomic E-state index is -2.13. The average Bonchev–Trinajstić information content (AvgIpc) is 3.23. The second-order valence-electron chi connectivity index (χ2n) is 14.1. The number of amides is 5. The van der Waals surface area contributed by atoms with Crippen molar-refractivity contribution in [2.24, 2.45) is 17.6 Å². The summed E-state index contributed by atoms with van der Waals surface area (Å²) in [4.78, 5) is 102. The topological polar surface area (TPSA) is 305 Å². The van der Waals surface area contributed by atoms with E-state index in [1.807, 2.05) is 0 Å². The number of hydrogen-bond acceptors (Lipinski definition) is 15. The van der Waals surface area contributed by atoms with Crippen LogP contribution in [0.2, 0.25) is 0 Å². The number of hydrogen-bond donors (Lipinski definition) is 11. The van der Waals surface area contributed by atoms with Crippen LogP contribution in [0.15, 0.2) is 12.2 Å². The summed E-state index contributed by atoms with van der Waals surface area (Å²) in [6.45, 7) is 7.65. The largest absolute Gasteiger partial charge is 0.480 e. The molecule has 0 spiro atoms. The lowest BCUT2D eigenvalue weighted by atomic mass is 10.0. The number of esters is 1. The Hall–Kier alpha value is -3.57. The maximum atomic E-state index is 13.8. The van der Waals surface area contributed by atoms with Crippen LogP contribution in [0.4, 0.5) is 0 Å². The number of thioether (sulfide) groups is 2. The fourth-order valence-corrected chi connectivity index (χ4v) is 8.25. The normalized spacial score (nSPS) is 26.8. The number of nitrogens with two attached hydrogens (primary N) is 1. The van der Waals surface area contributed by atoms with Crippen molar-refractivity contribution in [3.8, 4) is 0 Å². The molecule has 0 aromatic rings. The lowest BCUT2D eigenvalue weighted by molar-refractivity contribution is -0.154. The van der Waals surface area contributed by atoms with Crippen LogP contribution in [-0.4, -0.2) is 139 Å². The molecule has 9 unspecified atom stereocenters. The van der Waals surface area contributed by atoms with Crippen molar-refractivity contribution < 1.29 is 58.4 Å². The maximum absolute atomic E-state index is 13.8. The van der Waals surface area contributed by atoms with Gasteiger partial charge in [-0.1, -0.05) is 40.7 Å². The number of aliphatic hydroxyl groups is 1. The maximum Gasteiger partial charge on any atom is 0.324 e. The summed E-state index contributed by atoms with van der Waals surface area (Å²) < 4.78 is 5.81. The second-order valence-corrected chi connectivity index (χ2v) is 17.2. The zero-order valence-corrected chi connectivity index (χ0v) is 34.5. The lowest BCUT2D eigenvalue weighted by Gasteiger charge is -2.41. The number of carbonyl (C=O) groups is 8. The van der Waals surface area contributed by atoms with Gasteiger partial charge < -0.3 is 52.4 Å². The van der Waals surface area contributed by atoms with Crippen LogP contribution < -0.4 is 37.6 Å². The molecular weight excluding hydrogens is 795 g/mol. The minimum absolute atomic E-state index is 0.183. The summed E-state index contributed by atoms with van der Waals surface area (Å²) in [7, 11) is 0. The monoisotopic (exact) mass is 849 g/mol. The molecule has 0 aromatic carbocycles. The number of carbonyl (C=O) groups excluding carboxylic acids is 6. The summed E-state index contributed by atoms with van der Waals surface area (Å²) >= 11 is 6.03. The van der Waals surface area contributed by atoms with Gasteiger partial charge in [-0.05, 0) is 36.5 Å². The fraction of sp³-hybridized carbons (Fsp3) is 0.706. The third-order valence-electron chi connectivity index (χ3n) is 8.73. The highest BCUT2D eigenvalue weighted by Gasteiger charge is 2.49. The molecule has 0 saturated carbocycles. The number of carboxylic acid groups (broad SMARTS) is 2. The van der Waals surface area contributed by atoms with E-state index in [0.717, 1.165) is 23.5 Å². The van der Waals surface area contributed by atoms with Crippen LogP contribution in [0.5, 0.6) is 0 Å². The molecule has 56 heavy (non-hydrogen) atoms. The summed E-state index contributed by atoms with van der Waals surface area (Å²) in [5.74, 6) is -7.84. The van der Waals surface area contributed by atoms with E-state index in [2.05, 4.69) is 44.5 Å². The zero-order valence-electron chi connectivity index (χ0n) is 31.9. The first kappa shape index (κ1) is 48.6. The minimum Gasteiger partial charge on any atom is -0.480 e. The molecule has 19 nitrogen and oxygen atoms in total. The van der Waals surface area contributed by atoms with Crippen LogP contribution in [0.3, 0.4) is 0 Å². The highest BCUT2D eigenvalue weighted by atomic mass is 32.2. The first-order valence-electron chi connectivity index (χ1n) is 18.1. The van der Waals surface area contributed by atoms with Gasteiger partial charge in [-0.25, -0.2) is 0 Å². The Labute approximate surface area is 339 Å². The zero-order chi connectivity index (χ0) is 42.3. The number of carboxylic acids is 2. The molecule has 5 amide bonds. The van der Waals surface area contributed by atoms with Gasteiger partial charge in [-0.15, -0.1) is 11.8 Å². The SMILES string of the molecule is CC(C)C1NC(=O)CC(C=CCCS)OC(=O)C(C(C)C)NC2(O)SCC(NC1=O)C(=O)NC2C(C)SCC(NC(=O)CCC(N)C(=O)O)C(=O)NCC(=O)O. The van der Waals surface area contributed by atoms with Gasteiger partial charge in [0.1, 0.15) is 42.9 Å². The molecule has 22 heteroatoms. The molecule has 2 aliphatic heterocycles. The van der Waals surface area contributed by atoms with Gasteiger partial charge in [0.15, 0.2) is 5.06 Å². The predicted molar refractivity (Wildman–Crippen MR) is 211 cm³/mol. The third-order valence-corrected chi connectivity index (χ3v) is 11.6. The highest BCUT2D eigenvalue weighted by molar-refractivity contribution is 8.01. The molecule has 2 saturated heterocycles. The second kappa shape index (κ2) is 23.0. The number of thiol groups is 1. The van der Waals surface area contributed by atoms with Crippen LogP contribution >= 0.6 is 36.2 Å². The molecule has 2 aliphatic rings. The van der Waals surface area contributed by atoms with Crippen LogP contribution in [-0.2, 0) is 43.1 Å². The van der Waals surface area contributed by atoms with E-state index >= 15 is 0 Å². The average molecular weight is 850 g/mol. The third kappa shape index (κ3) is 15.4. The molecule has 0 radical (unpaired) electrons. The van der Waals surface area contributed by atoms with Crippen molar-refractivity contribution in [2.75, 3.05) is 23.8 Å². The number of fused-ring (bicyclic) bond motifs is 3. The van der Waals surface area contributed by atoms with Crippen molar-refractivity contribution in [3.05, 3.63) is 12.2 Å². The molecule has 11 N–H and O–H groups in total. The summed E-state index contributed by atoms with van der Waals surface area (Å²) in [5, 5.41) is 43.4. The fourth-order valence-electron chi connectivity index (χ4n) is 5.52. The van der Waals surface area contributed by atoms with Gasteiger partial charge >= 0.3 is 17.9 Å². The molecule has 9 atom stereocenters. The van der Waals surface area contributed by atoms with Gasteiger partial charge in [0.05, 0.1) is 12.5 Å². The summed E-state index contributed by atoms with van der Waals surface area (Å²) in [6.07, 6.45) is 1.81. The Bertz CT molecular complexity index is 1470. The highest BCUT2D eigenvalue weighted by Crippen LogP contribution is 2.34. The van der Waals surface area contributed by atoms with Gasteiger partial charge in [-0.2, -0.15) is 24.4 Å². The van der Waals surface area contributed by atoms with Crippen molar-refractivity contribution in [1.82, 2.24) is 31.9 Å². The van der Waals surface area contributed by atoms with Crippen molar-refractivity contribution in [3.63, 3.8) is 0 Å². The Balaban J connectivity index is 2.53. The van der Waals surface area contributed by atoms with E-state index in [0.29, 0.717) is 12.2 Å². The van der Waals surface area contributed by atoms with E-state index in [1.54, 1.807) is 46.8 Å². The quantitative estimate of drug-likeness (QED) is 0.0441. The Morgan fingerprint density at radius 2 is 1.70 bits per heavy atom. The molecule has 0 aromatic heterocycles. The van der Waals surface area contributed by atoms with Crippen LogP contribution in [0.25, 0.3) is 0 Å². The number of cyclic esters (lactones) is 1. The van der Waals surface area contributed by atoms with Gasteiger partial charge in [0.2, 0.25) is 29.5 Å². The number of ether oxygens (including phenoxy) is 1. The Morgan fingerprint density at radius 1 is 1.04 bits per heavy atom. The van der Waals surface area contributed by atoms with Crippen LogP contribution in [0.1, 0.15) is 60.3 Å². The van der Waals surface area contributed by atoms with Crippen molar-refractivity contribution in [1.29, 1.82) is 0 Å². The number of aliphatic carboxylic acids is 2. The molecule has 2 bridgehead atoms. The molecule has 2 heterocycles. The van der Waals surface area contributed by atoms with Crippen molar-refractivity contribution in [2.45, 2.75) is 113 Å². The Morgan fingerprint density at radius 3 is 2.29 bits per heavy atom. The molecule has 0 aliphatic carbocycles. The molecule has 2 rings (SSSR count). The Kier molecular flexibility index (Phi) is 19.9. The molecular formula is C34H55N7O12S3. The van der Waals surface area contributed by atoms with E-state index in [1.165, 1.54) is 0 Å². The van der Waals surface area contributed by atoms with E-state index in [-0.39, 0.29) is 30.8 Å². The van der Waals surface area contributed by atoms with Gasteiger partial charge in [0, 0.05) is 23.2 Å². The summed E-state index contributed by atoms with van der Waals surface area (Å²) in [6, 6.07) is -7.41. The van der Waals surface area contributed by atoms with Gasteiger partial charge in [-0.3, -0.25) is 43.7 Å². The van der Waals surface area contributed by atoms with E-state index < -0.39 is 118 Å². The van der Waals surface area contributed by atoms with Crippen molar-refractivity contribution >= 4 is 83.6 Å². The lowest BCUT2D eigenvalue weighted by Crippen LogP contribution is -2.66. The van der Waals surface area contributed by atoms with Crippen LogP contribution in [0, 0.1) is 11.8 Å². The smallest absolute Gasteiger partial charge is 0.324 e. The first-order valence-corrected chi connectivity index (χ1v) is 20.8. The van der Waals surface area contributed by atoms with E-state index in [4.69, 9.17) is 20.7 Å². The predicted octanol–water partition coefficient (Wildman–Crippen LogP) is -1.71. The molecule has 316 valence electrons. The standard InChI is InChI=1S/C34H55N7O12S3/c1-16(2)26-31(48)38-22-15-56-34(52,41-27(17(3)4)33(51)53-19(8-6-7-11-54)12-24(43)39-26)28(40-30(22)47)18(5)55-14-21(29(46)36-13-25(44)45)37-23(42)10-9-20(35)32(49)50/h6,8,16-22,26-28,41,52,54H,7,9-15,35H2,1-5H3,(H,36,46)(H,37,42)(H,38,48)(H,39,43)(H,40,47)(H,44,45)(H,49,50). The number of nitrogens with one attached hydrogen (secondary N) is 6. The first-order chi connectivity index (χ1) is 26.2.